The average molecular weight is 257 g/mol. The van der Waals surface area contributed by atoms with E-state index in [0.29, 0.717) is 0 Å². The third kappa shape index (κ3) is 3.22. The van der Waals surface area contributed by atoms with E-state index >= 15 is 0 Å². The molecular formula is C15H19N3O. The minimum Gasteiger partial charge on any atom is -0.324 e. The predicted octanol–water partition coefficient (Wildman–Crippen LogP) is 2.70. The molecule has 1 N–H and O–H groups in total. The zero-order valence-corrected chi connectivity index (χ0v) is 11.6. The summed E-state index contributed by atoms with van der Waals surface area (Å²) in [5.74, 6) is -0.0490. The summed E-state index contributed by atoms with van der Waals surface area (Å²) >= 11 is 0. The Morgan fingerprint density at radius 3 is 2.68 bits per heavy atom. The van der Waals surface area contributed by atoms with Gasteiger partial charge in [0.1, 0.15) is 6.54 Å². The Morgan fingerprint density at radius 1 is 1.32 bits per heavy atom. The fraction of sp³-hybridized carbons (Fsp3) is 0.333. The molecule has 0 unspecified atom stereocenters. The van der Waals surface area contributed by atoms with E-state index in [1.807, 2.05) is 44.2 Å². The molecule has 0 spiro atoms. The second-order valence-corrected chi connectivity index (χ2v) is 4.64. The smallest absolute Gasteiger partial charge is 0.246 e. The summed E-state index contributed by atoms with van der Waals surface area (Å²) in [6, 6.07) is 9.83. The summed E-state index contributed by atoms with van der Waals surface area (Å²) in [6.07, 6.45) is 0.899. The first-order chi connectivity index (χ1) is 9.10. The number of amides is 1. The molecule has 1 heterocycles. The lowest BCUT2D eigenvalue weighted by atomic mass is 10.1. The second-order valence-electron chi connectivity index (χ2n) is 4.64. The monoisotopic (exact) mass is 257 g/mol. The Labute approximate surface area is 113 Å². The Kier molecular flexibility index (Phi) is 4.00. The number of para-hydroxylation sites is 1. The number of hydrogen-bond donors (Lipinski definition) is 1. The number of hydrogen-bond acceptors (Lipinski definition) is 2. The topological polar surface area (TPSA) is 46.9 Å². The molecular weight excluding hydrogens is 238 g/mol. The number of rotatable bonds is 4. The van der Waals surface area contributed by atoms with Gasteiger partial charge < -0.3 is 5.32 Å². The summed E-state index contributed by atoms with van der Waals surface area (Å²) in [5, 5.41) is 7.24. The van der Waals surface area contributed by atoms with Gasteiger partial charge in [0.25, 0.3) is 0 Å². The number of aromatic nitrogens is 2. The van der Waals surface area contributed by atoms with Crippen molar-refractivity contribution in [3.63, 3.8) is 0 Å². The van der Waals surface area contributed by atoms with Gasteiger partial charge in [0.15, 0.2) is 0 Å². The number of benzene rings is 1. The molecule has 0 saturated carbocycles. The molecule has 0 aliphatic carbocycles. The quantitative estimate of drug-likeness (QED) is 0.915. The van der Waals surface area contributed by atoms with Crippen LogP contribution in [0.25, 0.3) is 0 Å². The third-order valence-electron chi connectivity index (χ3n) is 3.07. The van der Waals surface area contributed by atoms with Crippen molar-refractivity contribution < 1.29 is 4.79 Å². The second kappa shape index (κ2) is 5.69. The van der Waals surface area contributed by atoms with E-state index in [2.05, 4.69) is 17.3 Å². The Morgan fingerprint density at radius 2 is 2.05 bits per heavy atom. The number of carbonyl (C=O) groups is 1. The highest BCUT2D eigenvalue weighted by molar-refractivity contribution is 5.91. The first kappa shape index (κ1) is 13.3. The first-order valence-corrected chi connectivity index (χ1v) is 6.49. The summed E-state index contributed by atoms with van der Waals surface area (Å²) in [5.41, 5.74) is 3.96. The highest BCUT2D eigenvalue weighted by atomic mass is 16.2. The fourth-order valence-electron chi connectivity index (χ4n) is 2.11. The molecule has 0 saturated heterocycles. The largest absolute Gasteiger partial charge is 0.324 e. The van der Waals surface area contributed by atoms with E-state index in [4.69, 9.17) is 0 Å². The Balaban J connectivity index is 2.07. The number of anilines is 1. The van der Waals surface area contributed by atoms with Crippen LogP contribution in [-0.2, 0) is 17.8 Å². The van der Waals surface area contributed by atoms with Crippen LogP contribution in [-0.4, -0.2) is 15.7 Å². The Hall–Kier alpha value is -2.10. The van der Waals surface area contributed by atoms with Crippen molar-refractivity contribution in [1.29, 1.82) is 0 Å². The van der Waals surface area contributed by atoms with Crippen LogP contribution in [0.3, 0.4) is 0 Å². The van der Waals surface area contributed by atoms with Crippen molar-refractivity contribution in [1.82, 2.24) is 9.78 Å². The first-order valence-electron chi connectivity index (χ1n) is 6.49. The highest BCUT2D eigenvalue weighted by Crippen LogP contribution is 2.15. The van der Waals surface area contributed by atoms with Gasteiger partial charge in [-0.2, -0.15) is 5.10 Å². The van der Waals surface area contributed by atoms with E-state index in [9.17, 15) is 4.79 Å². The summed E-state index contributed by atoms with van der Waals surface area (Å²) in [4.78, 5) is 12.0. The van der Waals surface area contributed by atoms with Crippen molar-refractivity contribution in [2.45, 2.75) is 33.7 Å². The molecule has 100 valence electrons. The predicted molar refractivity (Wildman–Crippen MR) is 76.2 cm³/mol. The van der Waals surface area contributed by atoms with E-state index in [-0.39, 0.29) is 12.5 Å². The molecule has 0 bridgehead atoms. The van der Waals surface area contributed by atoms with Crippen LogP contribution in [0.5, 0.6) is 0 Å². The van der Waals surface area contributed by atoms with E-state index in [1.165, 1.54) is 0 Å². The van der Waals surface area contributed by atoms with Crippen molar-refractivity contribution in [3.8, 4) is 0 Å². The van der Waals surface area contributed by atoms with E-state index < -0.39 is 0 Å². The maximum atomic E-state index is 12.0. The normalized spacial score (nSPS) is 10.5. The van der Waals surface area contributed by atoms with Crippen LogP contribution in [0.4, 0.5) is 5.69 Å². The van der Waals surface area contributed by atoms with Gasteiger partial charge in [0.2, 0.25) is 5.91 Å². The van der Waals surface area contributed by atoms with Crippen molar-refractivity contribution >= 4 is 11.6 Å². The molecule has 4 nitrogen and oxygen atoms in total. The number of aryl methyl sites for hydroxylation is 3. The average Bonchev–Trinajstić information content (AvgIpc) is 2.68. The molecule has 0 atom stereocenters. The molecule has 1 aromatic heterocycles. The van der Waals surface area contributed by atoms with Crippen LogP contribution in [0, 0.1) is 13.8 Å². The Bertz CT molecular complexity index is 587. The standard InChI is InChI=1S/C15H19N3O/c1-4-13-7-5-6-8-14(13)16-15(19)10-18-12(3)9-11(2)17-18/h5-9H,4,10H2,1-3H3,(H,16,19). The molecule has 2 aromatic rings. The molecule has 19 heavy (non-hydrogen) atoms. The van der Waals surface area contributed by atoms with Crippen LogP contribution in [0.1, 0.15) is 23.9 Å². The van der Waals surface area contributed by atoms with Gasteiger partial charge in [-0.3, -0.25) is 9.48 Å². The lowest BCUT2D eigenvalue weighted by Crippen LogP contribution is -2.20. The van der Waals surface area contributed by atoms with Gasteiger partial charge in [-0.1, -0.05) is 25.1 Å². The third-order valence-corrected chi connectivity index (χ3v) is 3.07. The van der Waals surface area contributed by atoms with Gasteiger partial charge in [0, 0.05) is 11.4 Å². The van der Waals surface area contributed by atoms with Gasteiger partial charge in [-0.05, 0) is 38.0 Å². The molecule has 0 aliphatic heterocycles. The molecule has 1 amide bonds. The summed E-state index contributed by atoms with van der Waals surface area (Å²) in [6.45, 7) is 6.20. The summed E-state index contributed by atoms with van der Waals surface area (Å²) < 4.78 is 1.72. The van der Waals surface area contributed by atoms with Gasteiger partial charge in [-0.15, -0.1) is 0 Å². The van der Waals surface area contributed by atoms with Crippen LogP contribution in [0.2, 0.25) is 0 Å². The van der Waals surface area contributed by atoms with Crippen molar-refractivity contribution in [3.05, 3.63) is 47.3 Å². The molecule has 4 heteroatoms. The van der Waals surface area contributed by atoms with E-state index in [0.717, 1.165) is 29.1 Å². The summed E-state index contributed by atoms with van der Waals surface area (Å²) in [7, 11) is 0. The maximum absolute atomic E-state index is 12.0. The lowest BCUT2D eigenvalue weighted by Gasteiger charge is -2.10. The lowest BCUT2D eigenvalue weighted by molar-refractivity contribution is -0.116. The van der Waals surface area contributed by atoms with Crippen LogP contribution < -0.4 is 5.32 Å². The zero-order chi connectivity index (χ0) is 13.8. The van der Waals surface area contributed by atoms with Crippen LogP contribution >= 0.6 is 0 Å². The zero-order valence-electron chi connectivity index (χ0n) is 11.6. The van der Waals surface area contributed by atoms with Crippen molar-refractivity contribution in [2.24, 2.45) is 0 Å². The van der Waals surface area contributed by atoms with E-state index in [1.54, 1.807) is 4.68 Å². The van der Waals surface area contributed by atoms with Gasteiger partial charge >= 0.3 is 0 Å². The molecule has 0 aliphatic rings. The van der Waals surface area contributed by atoms with Gasteiger partial charge in [-0.25, -0.2) is 0 Å². The minimum atomic E-state index is -0.0490. The number of carbonyl (C=O) groups excluding carboxylic acids is 1. The minimum absolute atomic E-state index is 0.0490. The molecule has 0 fully saturated rings. The molecule has 2 rings (SSSR count). The SMILES string of the molecule is CCc1ccccc1NC(=O)Cn1nc(C)cc1C. The van der Waals surface area contributed by atoms with Crippen molar-refractivity contribution in [2.75, 3.05) is 5.32 Å². The molecule has 0 radical (unpaired) electrons. The maximum Gasteiger partial charge on any atom is 0.246 e. The highest BCUT2D eigenvalue weighted by Gasteiger charge is 2.08. The molecule has 1 aromatic carbocycles. The number of nitrogens with zero attached hydrogens (tertiary/aromatic N) is 2. The van der Waals surface area contributed by atoms with Crippen LogP contribution in [0.15, 0.2) is 30.3 Å². The number of nitrogens with one attached hydrogen (secondary N) is 1. The van der Waals surface area contributed by atoms with Gasteiger partial charge in [0.05, 0.1) is 5.69 Å². The fourth-order valence-corrected chi connectivity index (χ4v) is 2.11.